The van der Waals surface area contributed by atoms with Crippen LogP contribution in [0.3, 0.4) is 0 Å². The fourth-order valence-corrected chi connectivity index (χ4v) is 0. The van der Waals surface area contributed by atoms with E-state index in [0.29, 0.717) is 0 Å². The number of carboxylic acids is 1. The van der Waals surface area contributed by atoms with Gasteiger partial charge in [0, 0.05) is 0 Å². The first-order valence-corrected chi connectivity index (χ1v) is 4.06. The zero-order valence-corrected chi connectivity index (χ0v) is 6.50. The Kier molecular flexibility index (Phi) is 7.91. The molecule has 2 nitrogen and oxygen atoms in total. The van der Waals surface area contributed by atoms with Crippen molar-refractivity contribution in [3.05, 3.63) is 0 Å². The first-order valence-electron chi connectivity index (χ1n) is 1.47. The van der Waals surface area contributed by atoms with Gasteiger partial charge >= 0.3 is 45.5 Å². The van der Waals surface area contributed by atoms with Crippen molar-refractivity contribution in [1.82, 2.24) is 0 Å². The predicted octanol–water partition coefficient (Wildman–Crippen LogP) is 2.01. The van der Waals surface area contributed by atoms with Crippen LogP contribution < -0.4 is 0 Å². The van der Waals surface area contributed by atoms with Crippen molar-refractivity contribution in [2.24, 2.45) is 0 Å². The summed E-state index contributed by atoms with van der Waals surface area (Å²) in [6.45, 7) is 0. The molecule has 0 aromatic carbocycles. The molecule has 10 heavy (non-hydrogen) atoms. The van der Waals surface area contributed by atoms with Crippen LogP contribution in [0.2, 0.25) is 0 Å². The Labute approximate surface area is 68.9 Å². The summed E-state index contributed by atoms with van der Waals surface area (Å²) in [4.78, 5) is 8.90. The van der Waals surface area contributed by atoms with E-state index in [1.807, 2.05) is 0 Å². The Bertz CT molecular complexity index is 105. The van der Waals surface area contributed by atoms with Crippen LogP contribution in [0.25, 0.3) is 0 Å². The van der Waals surface area contributed by atoms with Crippen LogP contribution in [0.15, 0.2) is 0 Å². The summed E-state index contributed by atoms with van der Waals surface area (Å²) in [6, 6.07) is 0. The molecule has 0 amide bonds. The molecule has 0 spiro atoms. The van der Waals surface area contributed by atoms with E-state index in [-0.39, 0.29) is 0 Å². The molecule has 0 saturated carbocycles. The normalized spacial score (nSPS) is 10.1. The van der Waals surface area contributed by atoms with Gasteiger partial charge in [-0.1, -0.05) is 0 Å². The third kappa shape index (κ3) is 11.2. The molecular weight excluding hydrogens is 247 g/mol. The molecule has 0 aromatic rings. The minimum atomic E-state index is -5.08. The second-order valence-corrected chi connectivity index (χ2v) is 2.40. The number of hydrogen-bond acceptors (Lipinski definition) is 1. The van der Waals surface area contributed by atoms with Gasteiger partial charge in [-0.05, 0) is 0 Å². The molecule has 0 rings (SSSR count). The summed E-state index contributed by atoms with van der Waals surface area (Å²) in [5.41, 5.74) is 0. The summed E-state index contributed by atoms with van der Waals surface area (Å²) in [5, 5.41) is 7.12. The molecule has 0 bridgehead atoms. The molecule has 0 aliphatic rings. The molecular formula is C2HCl2CuF3O2. The van der Waals surface area contributed by atoms with Crippen molar-refractivity contribution in [2.45, 2.75) is 6.18 Å². The molecule has 0 saturated heterocycles. The zero-order valence-electron chi connectivity index (χ0n) is 4.05. The van der Waals surface area contributed by atoms with E-state index >= 15 is 0 Å². The van der Waals surface area contributed by atoms with E-state index in [1.54, 1.807) is 0 Å². The molecule has 1 N–H and O–H groups in total. The van der Waals surface area contributed by atoms with E-state index in [2.05, 4.69) is 20.2 Å². The van der Waals surface area contributed by atoms with Gasteiger partial charge in [0.1, 0.15) is 0 Å². The second kappa shape index (κ2) is 6.09. The van der Waals surface area contributed by atoms with Gasteiger partial charge in [0.2, 0.25) is 0 Å². The number of rotatable bonds is 0. The van der Waals surface area contributed by atoms with Gasteiger partial charge in [-0.15, -0.1) is 0 Å². The number of carbonyl (C=O) groups is 1. The first-order chi connectivity index (χ1) is 4.36. The summed E-state index contributed by atoms with van der Waals surface area (Å²) in [6.07, 6.45) is -5.08. The molecule has 0 aromatic heterocycles. The minimum absolute atomic E-state index is 0.757. The van der Waals surface area contributed by atoms with Crippen molar-refractivity contribution < 1.29 is 36.2 Å². The Balaban J connectivity index is 0. The van der Waals surface area contributed by atoms with Crippen molar-refractivity contribution in [3.8, 4) is 0 Å². The van der Waals surface area contributed by atoms with Gasteiger partial charge < -0.3 is 5.11 Å². The van der Waals surface area contributed by atoms with Gasteiger partial charge in [-0.2, -0.15) is 13.2 Å². The van der Waals surface area contributed by atoms with Gasteiger partial charge in [-0.25, -0.2) is 4.79 Å². The molecule has 67 valence electrons. The van der Waals surface area contributed by atoms with E-state index in [9.17, 15) is 13.2 Å². The predicted molar refractivity (Wildman–Crippen MR) is 25.4 cm³/mol. The average Bonchev–Trinajstić information content (AvgIpc) is 1.64. The van der Waals surface area contributed by atoms with E-state index in [0.717, 1.165) is 13.1 Å². The molecule has 0 fully saturated rings. The topological polar surface area (TPSA) is 37.3 Å². The average molecular weight is 248 g/mol. The molecule has 8 heteroatoms. The van der Waals surface area contributed by atoms with Gasteiger partial charge in [-0.3, -0.25) is 0 Å². The van der Waals surface area contributed by atoms with E-state index in [1.165, 1.54) is 0 Å². The summed E-state index contributed by atoms with van der Waals surface area (Å²) >= 11 is 0.757. The third-order valence-electron chi connectivity index (χ3n) is 0.243. The Morgan fingerprint density at radius 3 is 1.50 bits per heavy atom. The summed E-state index contributed by atoms with van der Waals surface area (Å²) < 4.78 is 31.7. The van der Waals surface area contributed by atoms with Crippen LogP contribution in [0.5, 0.6) is 0 Å². The fourth-order valence-electron chi connectivity index (χ4n) is 0. The third-order valence-corrected chi connectivity index (χ3v) is 0.243. The first kappa shape index (κ1) is 13.0. The summed E-state index contributed by atoms with van der Waals surface area (Å²) in [7, 11) is 9.34. The molecule has 0 heterocycles. The molecule has 0 aliphatic heterocycles. The van der Waals surface area contributed by atoms with Gasteiger partial charge in [0.15, 0.2) is 0 Å². The van der Waals surface area contributed by atoms with Crippen molar-refractivity contribution in [1.29, 1.82) is 0 Å². The SMILES string of the molecule is O=C(O)C(F)(F)F.[Cl][Cu][Cl]. The van der Waals surface area contributed by atoms with Crippen molar-refractivity contribution in [3.63, 3.8) is 0 Å². The summed E-state index contributed by atoms with van der Waals surface area (Å²) in [5.74, 6) is -2.76. The van der Waals surface area contributed by atoms with Gasteiger partial charge in [0.05, 0.1) is 0 Å². The van der Waals surface area contributed by atoms with Crippen LogP contribution in [0, 0.1) is 0 Å². The number of halogens is 5. The van der Waals surface area contributed by atoms with Gasteiger partial charge in [0.25, 0.3) is 0 Å². The maximum absolute atomic E-state index is 10.6. The quantitative estimate of drug-likeness (QED) is 0.666. The molecule has 0 atom stereocenters. The number of alkyl halides is 3. The van der Waals surface area contributed by atoms with Crippen LogP contribution in [-0.2, 0) is 17.9 Å². The fraction of sp³-hybridized carbons (Fsp3) is 0.500. The standard InChI is InChI=1S/C2HF3O2.2ClH.Cu/c3-2(4,5)1(6)7;;;/h(H,6,7);2*1H;/q;;;+2/p-2. The molecule has 0 unspecified atom stereocenters. The van der Waals surface area contributed by atoms with E-state index in [4.69, 9.17) is 9.90 Å². The van der Waals surface area contributed by atoms with Crippen molar-refractivity contribution >= 4 is 26.2 Å². The number of aliphatic carboxylic acids is 1. The molecule has 0 radical (unpaired) electrons. The van der Waals surface area contributed by atoms with Crippen LogP contribution in [-0.4, -0.2) is 17.3 Å². The van der Waals surface area contributed by atoms with Crippen LogP contribution in [0.4, 0.5) is 13.2 Å². The maximum atomic E-state index is 10.6. The molecule has 0 aliphatic carbocycles. The monoisotopic (exact) mass is 247 g/mol. The zero-order chi connectivity index (χ0) is 8.78. The van der Waals surface area contributed by atoms with Crippen LogP contribution >= 0.6 is 20.2 Å². The second-order valence-electron chi connectivity index (χ2n) is 0.846. The Hall–Kier alpha value is 0.359. The Morgan fingerprint density at radius 2 is 1.50 bits per heavy atom. The van der Waals surface area contributed by atoms with E-state index < -0.39 is 12.1 Å². The van der Waals surface area contributed by atoms with Crippen molar-refractivity contribution in [2.75, 3.05) is 0 Å². The number of carboxylic acid groups (broad SMARTS) is 1. The Morgan fingerprint density at radius 1 is 1.40 bits per heavy atom. The van der Waals surface area contributed by atoms with Crippen LogP contribution in [0.1, 0.15) is 0 Å². The number of hydrogen-bond donors (Lipinski definition) is 1.